The molecule has 0 aromatic heterocycles. The van der Waals surface area contributed by atoms with Crippen LogP contribution in [0.5, 0.6) is 5.75 Å². The molecule has 0 saturated carbocycles. The average Bonchev–Trinajstić information content (AvgIpc) is 2.48. The predicted octanol–water partition coefficient (Wildman–Crippen LogP) is 4.81. The van der Waals surface area contributed by atoms with Gasteiger partial charge in [0.2, 0.25) is 0 Å². The molecule has 0 aliphatic heterocycles. The summed E-state index contributed by atoms with van der Waals surface area (Å²) in [4.78, 5) is 11.8. The third-order valence-electron chi connectivity index (χ3n) is 3.22. The molecule has 0 unspecified atom stereocenters. The van der Waals surface area contributed by atoms with Crippen LogP contribution in [0.4, 0.5) is 10.5 Å². The Morgan fingerprint density at radius 1 is 1.04 bits per heavy atom. The van der Waals surface area contributed by atoms with E-state index in [1.807, 2.05) is 26.0 Å². The zero-order chi connectivity index (χ0) is 16.8. The number of ether oxygens (including phenoxy) is 1. The van der Waals surface area contributed by atoms with Crippen molar-refractivity contribution in [2.75, 3.05) is 18.5 Å². The largest absolute Gasteiger partial charge is 0.491 e. The highest BCUT2D eigenvalue weighted by Crippen LogP contribution is 2.21. The van der Waals surface area contributed by atoms with Crippen LogP contribution >= 0.6 is 23.2 Å². The van der Waals surface area contributed by atoms with Crippen LogP contribution in [0.2, 0.25) is 10.0 Å². The minimum absolute atomic E-state index is 0.285. The van der Waals surface area contributed by atoms with E-state index in [1.54, 1.807) is 24.3 Å². The average molecular weight is 353 g/mol. The Morgan fingerprint density at radius 3 is 2.35 bits per heavy atom. The number of anilines is 1. The summed E-state index contributed by atoms with van der Waals surface area (Å²) >= 11 is 11.8. The molecule has 0 aliphatic rings. The van der Waals surface area contributed by atoms with E-state index < -0.39 is 0 Å². The molecule has 0 heterocycles. The number of hydrogen-bond donors (Lipinski definition) is 2. The third kappa shape index (κ3) is 5.34. The first kappa shape index (κ1) is 17.4. The van der Waals surface area contributed by atoms with Crippen molar-refractivity contribution in [3.8, 4) is 5.75 Å². The quantitative estimate of drug-likeness (QED) is 0.758. The monoisotopic (exact) mass is 352 g/mol. The number of rotatable bonds is 5. The Kier molecular flexibility index (Phi) is 6.13. The first-order chi connectivity index (χ1) is 11.0. The number of amides is 2. The zero-order valence-corrected chi connectivity index (χ0v) is 14.5. The zero-order valence-electron chi connectivity index (χ0n) is 13.0. The van der Waals surface area contributed by atoms with Gasteiger partial charge in [0.25, 0.3) is 0 Å². The topological polar surface area (TPSA) is 50.4 Å². The van der Waals surface area contributed by atoms with Crippen LogP contribution in [-0.4, -0.2) is 19.2 Å². The lowest BCUT2D eigenvalue weighted by atomic mass is 10.2. The van der Waals surface area contributed by atoms with Crippen LogP contribution in [0, 0.1) is 13.8 Å². The van der Waals surface area contributed by atoms with Gasteiger partial charge in [0.05, 0.1) is 6.54 Å². The number of hydrogen-bond acceptors (Lipinski definition) is 2. The maximum atomic E-state index is 11.8. The maximum Gasteiger partial charge on any atom is 0.319 e. The first-order valence-corrected chi connectivity index (χ1v) is 7.91. The molecule has 2 rings (SSSR count). The van der Waals surface area contributed by atoms with E-state index in [4.69, 9.17) is 27.9 Å². The minimum atomic E-state index is -0.285. The summed E-state index contributed by atoms with van der Waals surface area (Å²) < 4.78 is 5.61. The van der Waals surface area contributed by atoms with Gasteiger partial charge in [0, 0.05) is 15.7 Å². The van der Waals surface area contributed by atoms with Gasteiger partial charge in [-0.05, 0) is 61.4 Å². The summed E-state index contributed by atoms with van der Waals surface area (Å²) in [5.41, 5.74) is 2.58. The molecule has 0 spiro atoms. The van der Waals surface area contributed by atoms with Gasteiger partial charge in [0.1, 0.15) is 12.4 Å². The Bertz CT molecular complexity index is 705. The number of benzene rings is 2. The van der Waals surface area contributed by atoms with Crippen molar-refractivity contribution in [2.45, 2.75) is 13.8 Å². The van der Waals surface area contributed by atoms with Crippen LogP contribution in [0.15, 0.2) is 36.4 Å². The van der Waals surface area contributed by atoms with Crippen LogP contribution in [0.25, 0.3) is 0 Å². The highest BCUT2D eigenvalue weighted by atomic mass is 35.5. The van der Waals surface area contributed by atoms with Gasteiger partial charge in [-0.25, -0.2) is 4.79 Å². The number of nitrogens with one attached hydrogen (secondary N) is 2. The van der Waals surface area contributed by atoms with Crippen LogP contribution in [0.3, 0.4) is 0 Å². The predicted molar refractivity (Wildman–Crippen MR) is 94.9 cm³/mol. The van der Waals surface area contributed by atoms with Crippen LogP contribution < -0.4 is 15.4 Å². The molecule has 4 nitrogen and oxygen atoms in total. The van der Waals surface area contributed by atoms with E-state index in [-0.39, 0.29) is 6.03 Å². The lowest BCUT2D eigenvalue weighted by Gasteiger charge is -2.12. The van der Waals surface area contributed by atoms with Crippen molar-refractivity contribution in [2.24, 2.45) is 0 Å². The molecule has 0 bridgehead atoms. The number of urea groups is 1. The number of halogens is 2. The van der Waals surface area contributed by atoms with Crippen molar-refractivity contribution in [1.29, 1.82) is 0 Å². The summed E-state index contributed by atoms with van der Waals surface area (Å²) in [7, 11) is 0. The molecule has 0 radical (unpaired) electrons. The number of aryl methyl sites for hydroxylation is 2. The van der Waals surface area contributed by atoms with E-state index in [2.05, 4.69) is 10.6 Å². The van der Waals surface area contributed by atoms with Crippen molar-refractivity contribution < 1.29 is 9.53 Å². The normalized spacial score (nSPS) is 10.3. The van der Waals surface area contributed by atoms with Crippen molar-refractivity contribution in [3.05, 3.63) is 57.6 Å². The van der Waals surface area contributed by atoms with Crippen molar-refractivity contribution >= 4 is 34.9 Å². The fourth-order valence-electron chi connectivity index (χ4n) is 2.03. The van der Waals surface area contributed by atoms with Gasteiger partial charge in [0.15, 0.2) is 0 Å². The Hall–Kier alpha value is -1.91. The molecular weight excluding hydrogens is 335 g/mol. The summed E-state index contributed by atoms with van der Waals surface area (Å²) in [6, 6.07) is 10.4. The first-order valence-electron chi connectivity index (χ1n) is 7.15. The van der Waals surface area contributed by atoms with E-state index >= 15 is 0 Å². The molecule has 0 fully saturated rings. The lowest BCUT2D eigenvalue weighted by molar-refractivity contribution is 0.247. The molecule has 2 aromatic carbocycles. The minimum Gasteiger partial charge on any atom is -0.491 e. The standard InChI is InChI=1S/C17H18Cl2N2O2/c1-11-9-13(18)3-5-15(11)21-17(22)20-7-8-23-16-6-4-14(19)10-12(16)2/h3-6,9-10H,7-8H2,1-2H3,(H2,20,21,22). The Balaban J connectivity index is 1.76. The summed E-state index contributed by atoms with van der Waals surface area (Å²) in [6.07, 6.45) is 0. The summed E-state index contributed by atoms with van der Waals surface area (Å²) in [6.45, 7) is 4.56. The van der Waals surface area contributed by atoms with E-state index in [0.29, 0.717) is 23.2 Å². The molecule has 0 atom stereocenters. The highest BCUT2D eigenvalue weighted by molar-refractivity contribution is 6.31. The molecule has 23 heavy (non-hydrogen) atoms. The van der Waals surface area contributed by atoms with Gasteiger partial charge >= 0.3 is 6.03 Å². The molecular formula is C17H18Cl2N2O2. The van der Waals surface area contributed by atoms with Gasteiger partial charge < -0.3 is 15.4 Å². The molecule has 2 N–H and O–H groups in total. The highest BCUT2D eigenvalue weighted by Gasteiger charge is 2.05. The molecule has 0 aliphatic carbocycles. The fraction of sp³-hybridized carbons (Fsp3) is 0.235. The van der Waals surface area contributed by atoms with Gasteiger partial charge in [-0.15, -0.1) is 0 Å². The third-order valence-corrected chi connectivity index (χ3v) is 3.69. The van der Waals surface area contributed by atoms with E-state index in [9.17, 15) is 4.79 Å². The van der Waals surface area contributed by atoms with E-state index in [0.717, 1.165) is 22.6 Å². The van der Waals surface area contributed by atoms with Crippen LogP contribution in [0.1, 0.15) is 11.1 Å². The van der Waals surface area contributed by atoms with Crippen molar-refractivity contribution in [3.63, 3.8) is 0 Å². The Labute approximate surface area is 145 Å². The SMILES string of the molecule is Cc1cc(Cl)ccc1NC(=O)NCCOc1ccc(Cl)cc1C. The second-order valence-electron chi connectivity index (χ2n) is 5.10. The summed E-state index contributed by atoms with van der Waals surface area (Å²) in [5, 5.41) is 6.82. The second kappa shape index (κ2) is 8.09. The lowest BCUT2D eigenvalue weighted by Crippen LogP contribution is -2.32. The molecule has 122 valence electrons. The van der Waals surface area contributed by atoms with Gasteiger partial charge in [-0.1, -0.05) is 23.2 Å². The van der Waals surface area contributed by atoms with Crippen LogP contribution in [-0.2, 0) is 0 Å². The number of carbonyl (C=O) groups is 1. The molecule has 2 aromatic rings. The molecule has 0 saturated heterocycles. The fourth-order valence-corrected chi connectivity index (χ4v) is 2.49. The summed E-state index contributed by atoms with van der Waals surface area (Å²) in [5.74, 6) is 0.755. The van der Waals surface area contributed by atoms with Crippen molar-refractivity contribution in [1.82, 2.24) is 5.32 Å². The smallest absolute Gasteiger partial charge is 0.319 e. The number of carbonyl (C=O) groups excluding carboxylic acids is 1. The molecule has 2 amide bonds. The molecule has 6 heteroatoms. The van der Waals surface area contributed by atoms with Gasteiger partial charge in [-0.2, -0.15) is 0 Å². The second-order valence-corrected chi connectivity index (χ2v) is 5.97. The van der Waals surface area contributed by atoms with Gasteiger partial charge in [-0.3, -0.25) is 0 Å². The van der Waals surface area contributed by atoms with E-state index in [1.165, 1.54) is 0 Å². The maximum absolute atomic E-state index is 11.8. The Morgan fingerprint density at radius 2 is 1.70 bits per heavy atom.